The molecule has 0 aliphatic rings. The maximum Gasteiger partial charge on any atom is 0.319 e. The summed E-state index contributed by atoms with van der Waals surface area (Å²) in [5, 5.41) is 10.7. The molecular formula is C21H22N4O2S2. The van der Waals surface area contributed by atoms with E-state index in [1.54, 1.807) is 36.0 Å². The first-order valence-electron chi connectivity index (χ1n) is 9.03. The normalized spacial score (nSPS) is 10.6. The van der Waals surface area contributed by atoms with E-state index in [0.717, 1.165) is 11.3 Å². The zero-order chi connectivity index (χ0) is 20.8. The first-order valence-corrected chi connectivity index (χ1v) is 11.1. The van der Waals surface area contributed by atoms with Gasteiger partial charge < -0.3 is 10.6 Å². The number of nitrogens with zero attached hydrogens (tertiary/aromatic N) is 1. The summed E-state index contributed by atoms with van der Waals surface area (Å²) in [4.78, 5) is 30.1. The zero-order valence-electron chi connectivity index (χ0n) is 16.4. The summed E-state index contributed by atoms with van der Waals surface area (Å²) in [7, 11) is 0. The Morgan fingerprint density at radius 3 is 2.52 bits per heavy atom. The van der Waals surface area contributed by atoms with Crippen LogP contribution in [0.1, 0.15) is 24.2 Å². The second-order valence-corrected chi connectivity index (χ2v) is 8.29. The molecule has 0 atom stereocenters. The number of anilines is 2. The lowest BCUT2D eigenvalue weighted by Gasteiger charge is -2.11. The highest BCUT2D eigenvalue weighted by atomic mass is 32.2. The van der Waals surface area contributed by atoms with Crippen LogP contribution in [-0.4, -0.2) is 29.2 Å². The molecule has 0 saturated heterocycles. The number of benzene rings is 2. The average Bonchev–Trinajstić information content (AvgIpc) is 3.16. The highest BCUT2D eigenvalue weighted by Gasteiger charge is 2.12. The van der Waals surface area contributed by atoms with Crippen LogP contribution < -0.4 is 16.0 Å². The minimum Gasteiger partial charge on any atom is -0.336 e. The van der Waals surface area contributed by atoms with Crippen molar-refractivity contribution in [1.29, 1.82) is 0 Å². The largest absolute Gasteiger partial charge is 0.336 e. The number of nitrogens with one attached hydrogen (secondary N) is 3. The fraction of sp³-hybridized carbons (Fsp3) is 0.190. The van der Waals surface area contributed by atoms with Gasteiger partial charge in [-0.3, -0.25) is 10.1 Å². The number of hydrogen-bond acceptors (Lipinski definition) is 5. The van der Waals surface area contributed by atoms with Crippen LogP contribution in [0.4, 0.5) is 15.6 Å². The van der Waals surface area contributed by atoms with Gasteiger partial charge in [0.25, 0.3) is 5.91 Å². The van der Waals surface area contributed by atoms with Gasteiger partial charge in [-0.05, 0) is 50.4 Å². The van der Waals surface area contributed by atoms with Crippen LogP contribution in [0, 0.1) is 0 Å². The Morgan fingerprint density at radius 2 is 1.83 bits per heavy atom. The molecule has 0 spiro atoms. The second-order valence-electron chi connectivity index (χ2n) is 6.55. The highest BCUT2D eigenvalue weighted by Crippen LogP contribution is 2.27. The molecular weight excluding hydrogens is 404 g/mol. The van der Waals surface area contributed by atoms with Crippen molar-refractivity contribution in [2.24, 2.45) is 0 Å². The van der Waals surface area contributed by atoms with E-state index < -0.39 is 0 Å². The first-order chi connectivity index (χ1) is 13.9. The number of thiazole rings is 1. The van der Waals surface area contributed by atoms with Gasteiger partial charge in [0.1, 0.15) is 0 Å². The van der Waals surface area contributed by atoms with E-state index in [0.29, 0.717) is 16.4 Å². The molecule has 2 aromatic carbocycles. The molecule has 0 aliphatic heterocycles. The summed E-state index contributed by atoms with van der Waals surface area (Å²) >= 11 is 3.06. The van der Waals surface area contributed by atoms with Gasteiger partial charge in [0.05, 0.1) is 5.69 Å². The van der Waals surface area contributed by atoms with Crippen molar-refractivity contribution in [1.82, 2.24) is 10.3 Å². The number of thioether (sulfide) groups is 1. The summed E-state index contributed by atoms with van der Waals surface area (Å²) in [6.07, 6.45) is 2.03. The van der Waals surface area contributed by atoms with E-state index in [2.05, 4.69) is 20.9 Å². The van der Waals surface area contributed by atoms with Crippen LogP contribution in [-0.2, 0) is 0 Å². The summed E-state index contributed by atoms with van der Waals surface area (Å²) in [5.74, 6) is -0.281. The smallest absolute Gasteiger partial charge is 0.319 e. The minimum atomic E-state index is -0.311. The van der Waals surface area contributed by atoms with Crippen molar-refractivity contribution in [3.63, 3.8) is 0 Å². The molecule has 0 aliphatic carbocycles. The number of carbonyl (C=O) groups excluding carboxylic acids is 2. The van der Waals surface area contributed by atoms with Crippen LogP contribution in [0.5, 0.6) is 0 Å². The maximum atomic E-state index is 12.6. The lowest BCUT2D eigenvalue weighted by Crippen LogP contribution is -2.34. The molecule has 0 radical (unpaired) electrons. The Kier molecular flexibility index (Phi) is 6.90. The van der Waals surface area contributed by atoms with Gasteiger partial charge in [0.2, 0.25) is 0 Å². The predicted molar refractivity (Wildman–Crippen MR) is 121 cm³/mol. The number of carbonyl (C=O) groups is 2. The van der Waals surface area contributed by atoms with Gasteiger partial charge in [-0.15, -0.1) is 23.1 Å². The van der Waals surface area contributed by atoms with Crippen LogP contribution in [0.2, 0.25) is 0 Å². The van der Waals surface area contributed by atoms with E-state index in [-0.39, 0.29) is 18.0 Å². The monoisotopic (exact) mass is 426 g/mol. The van der Waals surface area contributed by atoms with Gasteiger partial charge in [0.15, 0.2) is 5.13 Å². The third-order valence-electron chi connectivity index (χ3n) is 3.91. The Balaban J connectivity index is 1.66. The predicted octanol–water partition coefficient (Wildman–Crippen LogP) is 5.31. The van der Waals surface area contributed by atoms with Gasteiger partial charge in [0, 0.05) is 33.1 Å². The molecule has 0 bridgehead atoms. The molecule has 8 heteroatoms. The lowest BCUT2D eigenvalue weighted by atomic mass is 10.2. The maximum absolute atomic E-state index is 12.6. The van der Waals surface area contributed by atoms with Crippen molar-refractivity contribution >= 4 is 45.9 Å². The Hall–Kier alpha value is -2.84. The number of aromatic nitrogens is 1. The quantitative estimate of drug-likeness (QED) is 0.466. The van der Waals surface area contributed by atoms with Gasteiger partial charge >= 0.3 is 6.03 Å². The van der Waals surface area contributed by atoms with E-state index >= 15 is 0 Å². The first kappa shape index (κ1) is 20.9. The summed E-state index contributed by atoms with van der Waals surface area (Å²) in [6.45, 7) is 3.76. The molecule has 1 heterocycles. The Labute approximate surface area is 178 Å². The van der Waals surface area contributed by atoms with E-state index in [9.17, 15) is 9.59 Å². The SMILES string of the molecule is CSc1ccc(-c2csc(NC(=O)c3cccc(NC(=O)NC(C)C)c3)n2)cc1. The lowest BCUT2D eigenvalue weighted by molar-refractivity contribution is 0.102. The molecule has 29 heavy (non-hydrogen) atoms. The van der Waals surface area contributed by atoms with Crippen molar-refractivity contribution in [3.8, 4) is 11.3 Å². The topological polar surface area (TPSA) is 83.1 Å². The van der Waals surface area contributed by atoms with Crippen molar-refractivity contribution in [3.05, 3.63) is 59.5 Å². The summed E-state index contributed by atoms with van der Waals surface area (Å²) in [6, 6.07) is 14.6. The van der Waals surface area contributed by atoms with E-state index in [4.69, 9.17) is 0 Å². The summed E-state index contributed by atoms with van der Waals surface area (Å²) < 4.78 is 0. The van der Waals surface area contributed by atoms with Crippen LogP contribution in [0.25, 0.3) is 11.3 Å². The molecule has 3 aromatic rings. The minimum absolute atomic E-state index is 0.0255. The van der Waals surface area contributed by atoms with Crippen molar-refractivity contribution in [2.75, 3.05) is 16.9 Å². The number of amides is 3. The Morgan fingerprint density at radius 1 is 1.07 bits per heavy atom. The molecule has 3 rings (SSSR count). The zero-order valence-corrected chi connectivity index (χ0v) is 18.0. The summed E-state index contributed by atoms with van der Waals surface area (Å²) in [5.41, 5.74) is 2.80. The second kappa shape index (κ2) is 9.58. The molecule has 0 fully saturated rings. The van der Waals surface area contributed by atoms with E-state index in [1.165, 1.54) is 16.2 Å². The molecule has 0 saturated carbocycles. The van der Waals surface area contributed by atoms with Crippen molar-refractivity contribution in [2.45, 2.75) is 24.8 Å². The molecule has 3 N–H and O–H groups in total. The van der Waals surface area contributed by atoms with Crippen molar-refractivity contribution < 1.29 is 9.59 Å². The highest BCUT2D eigenvalue weighted by molar-refractivity contribution is 7.98. The third kappa shape index (κ3) is 5.82. The van der Waals surface area contributed by atoms with Gasteiger partial charge in [-0.2, -0.15) is 0 Å². The van der Waals surface area contributed by atoms with Crippen LogP contribution in [0.3, 0.4) is 0 Å². The molecule has 3 amide bonds. The number of rotatable bonds is 6. The fourth-order valence-electron chi connectivity index (χ4n) is 2.56. The molecule has 150 valence electrons. The Bertz CT molecular complexity index is 1000. The molecule has 0 unspecified atom stereocenters. The van der Waals surface area contributed by atoms with Gasteiger partial charge in [-0.1, -0.05) is 18.2 Å². The van der Waals surface area contributed by atoms with Gasteiger partial charge in [-0.25, -0.2) is 9.78 Å². The fourth-order valence-corrected chi connectivity index (χ4v) is 3.69. The number of hydrogen-bond donors (Lipinski definition) is 3. The van der Waals surface area contributed by atoms with E-state index in [1.807, 2.05) is 49.7 Å². The standard InChI is InChI=1S/C21H22N4O2S2/c1-13(2)22-20(27)23-16-6-4-5-15(11-16)19(26)25-21-24-18(12-29-21)14-7-9-17(28-3)10-8-14/h4-13H,1-3H3,(H2,22,23,27)(H,24,25,26). The van der Waals surface area contributed by atoms with Crippen LogP contribution in [0.15, 0.2) is 58.8 Å². The third-order valence-corrected chi connectivity index (χ3v) is 5.41. The average molecular weight is 427 g/mol. The number of urea groups is 1. The van der Waals surface area contributed by atoms with Crippen LogP contribution >= 0.6 is 23.1 Å². The molecule has 1 aromatic heterocycles. The molecule has 6 nitrogen and oxygen atoms in total.